The number of hydrogen-bond donors (Lipinski definition) is 1. The Morgan fingerprint density at radius 3 is 3.00 bits per heavy atom. The number of hydrogen-bond acceptors (Lipinski definition) is 4. The van der Waals surface area contributed by atoms with E-state index in [2.05, 4.69) is 15.6 Å². The molecule has 7 heteroatoms. The normalized spacial score (nSPS) is 18.5. The van der Waals surface area contributed by atoms with Crippen molar-refractivity contribution in [3.8, 4) is 5.69 Å². The first-order valence-corrected chi connectivity index (χ1v) is 7.65. The highest BCUT2D eigenvalue weighted by Crippen LogP contribution is 2.18. The number of amides is 1. The van der Waals surface area contributed by atoms with Crippen LogP contribution >= 0.6 is 11.6 Å². The van der Waals surface area contributed by atoms with Crippen molar-refractivity contribution in [2.45, 2.75) is 19.9 Å². The summed E-state index contributed by atoms with van der Waals surface area (Å²) in [7, 11) is 0. The highest BCUT2D eigenvalue weighted by Gasteiger charge is 2.28. The lowest BCUT2D eigenvalue weighted by atomic mass is 10.2. The molecule has 1 aromatic heterocycles. The maximum absolute atomic E-state index is 12.7. The molecule has 2 heterocycles. The Bertz CT molecular complexity index is 699. The average molecular weight is 320 g/mol. The van der Waals surface area contributed by atoms with Crippen LogP contribution in [0.5, 0.6) is 0 Å². The van der Waals surface area contributed by atoms with Crippen LogP contribution in [0.3, 0.4) is 0 Å². The van der Waals surface area contributed by atoms with E-state index in [9.17, 15) is 4.79 Å². The molecule has 0 saturated carbocycles. The predicted octanol–water partition coefficient (Wildman–Crippen LogP) is 1.66. The van der Waals surface area contributed by atoms with Gasteiger partial charge >= 0.3 is 0 Å². The minimum atomic E-state index is -0.0696. The van der Waals surface area contributed by atoms with Crippen molar-refractivity contribution in [1.29, 1.82) is 0 Å². The highest BCUT2D eigenvalue weighted by molar-refractivity contribution is 6.30. The third-order valence-electron chi connectivity index (χ3n) is 3.91. The summed E-state index contributed by atoms with van der Waals surface area (Å²) in [4.78, 5) is 14.5. The summed E-state index contributed by atoms with van der Waals surface area (Å²) in [5.41, 5.74) is 1.91. The summed E-state index contributed by atoms with van der Waals surface area (Å²) in [6.45, 7) is 6.16. The molecule has 2 aromatic rings. The summed E-state index contributed by atoms with van der Waals surface area (Å²) in [5, 5.41) is 12.1. The van der Waals surface area contributed by atoms with Gasteiger partial charge in [0.1, 0.15) is 0 Å². The van der Waals surface area contributed by atoms with Crippen molar-refractivity contribution in [2.75, 3.05) is 19.6 Å². The Labute approximate surface area is 134 Å². The van der Waals surface area contributed by atoms with Crippen molar-refractivity contribution in [3.05, 3.63) is 40.7 Å². The fourth-order valence-corrected chi connectivity index (χ4v) is 2.84. The molecule has 1 amide bonds. The molecule has 0 spiro atoms. The molecular weight excluding hydrogens is 302 g/mol. The van der Waals surface area contributed by atoms with E-state index in [1.807, 2.05) is 30.9 Å². The standard InChI is InChI=1S/C15H18ClN5O/c1-10-9-17-6-7-20(10)15(22)14-11(2)21(19-18-14)13-5-3-4-12(16)8-13/h3-5,8,10,17H,6-7,9H2,1-2H3/t10-/m0/s1. The second-order valence-corrected chi connectivity index (χ2v) is 5.90. The first-order chi connectivity index (χ1) is 10.6. The number of rotatable bonds is 2. The van der Waals surface area contributed by atoms with Crippen LogP contribution in [0.1, 0.15) is 23.1 Å². The number of aromatic nitrogens is 3. The molecule has 1 aliphatic heterocycles. The largest absolute Gasteiger partial charge is 0.332 e. The third kappa shape index (κ3) is 2.71. The number of carbonyl (C=O) groups excluding carboxylic acids is 1. The van der Waals surface area contributed by atoms with Crippen LogP contribution in [-0.2, 0) is 0 Å². The van der Waals surface area contributed by atoms with Crippen molar-refractivity contribution < 1.29 is 4.79 Å². The summed E-state index contributed by atoms with van der Waals surface area (Å²) >= 11 is 6.01. The van der Waals surface area contributed by atoms with E-state index in [1.54, 1.807) is 16.8 Å². The van der Waals surface area contributed by atoms with Gasteiger partial charge in [-0.25, -0.2) is 4.68 Å². The van der Waals surface area contributed by atoms with Crippen LogP contribution in [0.25, 0.3) is 5.69 Å². The van der Waals surface area contributed by atoms with Gasteiger partial charge in [-0.15, -0.1) is 5.10 Å². The summed E-state index contributed by atoms with van der Waals surface area (Å²) in [5.74, 6) is -0.0696. The Morgan fingerprint density at radius 2 is 2.27 bits per heavy atom. The minimum absolute atomic E-state index is 0.0696. The topological polar surface area (TPSA) is 63.1 Å². The number of piperazine rings is 1. The molecule has 1 aromatic carbocycles. The lowest BCUT2D eigenvalue weighted by molar-refractivity contribution is 0.0649. The molecule has 1 N–H and O–H groups in total. The smallest absolute Gasteiger partial charge is 0.276 e. The van der Waals surface area contributed by atoms with Crippen LogP contribution in [0.4, 0.5) is 0 Å². The maximum atomic E-state index is 12.7. The van der Waals surface area contributed by atoms with E-state index in [0.29, 0.717) is 17.3 Å². The third-order valence-corrected chi connectivity index (χ3v) is 4.15. The Kier molecular flexibility index (Phi) is 4.13. The number of halogens is 1. The molecule has 0 bridgehead atoms. The molecule has 1 fully saturated rings. The zero-order valence-corrected chi connectivity index (χ0v) is 13.3. The minimum Gasteiger partial charge on any atom is -0.332 e. The van der Waals surface area contributed by atoms with E-state index < -0.39 is 0 Å². The van der Waals surface area contributed by atoms with Crippen LogP contribution in [0, 0.1) is 6.92 Å². The molecular formula is C15H18ClN5O. The van der Waals surface area contributed by atoms with Gasteiger partial charge in [0, 0.05) is 30.7 Å². The molecule has 1 atom stereocenters. The quantitative estimate of drug-likeness (QED) is 0.914. The molecule has 3 rings (SSSR count). The molecule has 1 aliphatic rings. The Morgan fingerprint density at radius 1 is 1.45 bits per heavy atom. The number of nitrogens with one attached hydrogen (secondary N) is 1. The van der Waals surface area contributed by atoms with Gasteiger partial charge < -0.3 is 10.2 Å². The number of carbonyl (C=O) groups is 1. The van der Waals surface area contributed by atoms with Gasteiger partial charge in [-0.2, -0.15) is 0 Å². The fraction of sp³-hybridized carbons (Fsp3) is 0.400. The first-order valence-electron chi connectivity index (χ1n) is 7.28. The van der Waals surface area contributed by atoms with Crippen LogP contribution in [0.15, 0.2) is 24.3 Å². The van der Waals surface area contributed by atoms with Crippen molar-refractivity contribution in [3.63, 3.8) is 0 Å². The van der Waals surface area contributed by atoms with Crippen molar-refractivity contribution in [2.24, 2.45) is 0 Å². The number of benzene rings is 1. The fourth-order valence-electron chi connectivity index (χ4n) is 2.66. The van der Waals surface area contributed by atoms with Crippen molar-refractivity contribution >= 4 is 17.5 Å². The second-order valence-electron chi connectivity index (χ2n) is 5.47. The summed E-state index contributed by atoms with van der Waals surface area (Å²) in [6, 6.07) is 7.47. The lowest BCUT2D eigenvalue weighted by Crippen LogP contribution is -2.52. The maximum Gasteiger partial charge on any atom is 0.276 e. The zero-order chi connectivity index (χ0) is 15.7. The first kappa shape index (κ1) is 15.0. The van der Waals surface area contributed by atoms with Crippen LogP contribution < -0.4 is 5.32 Å². The molecule has 1 saturated heterocycles. The van der Waals surface area contributed by atoms with Gasteiger partial charge in [-0.05, 0) is 32.0 Å². The lowest BCUT2D eigenvalue weighted by Gasteiger charge is -2.33. The Balaban J connectivity index is 1.91. The van der Waals surface area contributed by atoms with Crippen LogP contribution in [-0.4, -0.2) is 51.5 Å². The molecule has 116 valence electrons. The molecule has 0 aliphatic carbocycles. The molecule has 6 nitrogen and oxygen atoms in total. The monoisotopic (exact) mass is 319 g/mol. The zero-order valence-electron chi connectivity index (χ0n) is 12.6. The van der Waals surface area contributed by atoms with E-state index in [-0.39, 0.29) is 11.9 Å². The van der Waals surface area contributed by atoms with E-state index in [1.165, 1.54) is 0 Å². The van der Waals surface area contributed by atoms with E-state index in [0.717, 1.165) is 24.5 Å². The van der Waals surface area contributed by atoms with Gasteiger partial charge in [0.25, 0.3) is 5.91 Å². The molecule has 0 radical (unpaired) electrons. The van der Waals surface area contributed by atoms with E-state index in [4.69, 9.17) is 11.6 Å². The van der Waals surface area contributed by atoms with Gasteiger partial charge in [0.2, 0.25) is 0 Å². The molecule has 22 heavy (non-hydrogen) atoms. The second kappa shape index (κ2) is 6.06. The predicted molar refractivity (Wildman–Crippen MR) is 84.5 cm³/mol. The summed E-state index contributed by atoms with van der Waals surface area (Å²) in [6.07, 6.45) is 0. The Hall–Kier alpha value is -1.92. The van der Waals surface area contributed by atoms with Crippen molar-refractivity contribution in [1.82, 2.24) is 25.2 Å². The van der Waals surface area contributed by atoms with Gasteiger partial charge in [0.05, 0.1) is 11.4 Å². The molecule has 0 unspecified atom stereocenters. The highest BCUT2D eigenvalue weighted by atomic mass is 35.5. The SMILES string of the molecule is Cc1c(C(=O)N2CCNC[C@@H]2C)nnn1-c1cccc(Cl)c1. The van der Waals surface area contributed by atoms with Gasteiger partial charge in [-0.3, -0.25) is 4.79 Å². The van der Waals surface area contributed by atoms with E-state index >= 15 is 0 Å². The summed E-state index contributed by atoms with van der Waals surface area (Å²) < 4.78 is 1.64. The van der Waals surface area contributed by atoms with Crippen LogP contribution in [0.2, 0.25) is 5.02 Å². The number of nitrogens with zero attached hydrogens (tertiary/aromatic N) is 4. The average Bonchev–Trinajstić information content (AvgIpc) is 2.89. The van der Waals surface area contributed by atoms with Gasteiger partial charge in [-0.1, -0.05) is 22.9 Å². The van der Waals surface area contributed by atoms with Gasteiger partial charge in [0.15, 0.2) is 5.69 Å².